The lowest BCUT2D eigenvalue weighted by molar-refractivity contribution is 0.0580. The summed E-state index contributed by atoms with van der Waals surface area (Å²) >= 11 is 2.09. The standard InChI is InChI=1S/C11H23N3S/c1-10-7-11(8-12,9-15-10)14-5-3-13(2)4-6-14/h10H,3-9,12H2,1-2H3. The van der Waals surface area contributed by atoms with E-state index in [0.29, 0.717) is 5.54 Å². The summed E-state index contributed by atoms with van der Waals surface area (Å²) < 4.78 is 0. The van der Waals surface area contributed by atoms with E-state index in [2.05, 4.69) is 35.5 Å². The Bertz CT molecular complexity index is 216. The van der Waals surface area contributed by atoms with E-state index in [9.17, 15) is 0 Å². The van der Waals surface area contributed by atoms with Crippen LogP contribution in [0.4, 0.5) is 0 Å². The van der Waals surface area contributed by atoms with Crippen LogP contribution in [0.3, 0.4) is 0 Å². The molecule has 0 aromatic rings. The highest BCUT2D eigenvalue weighted by Crippen LogP contribution is 2.38. The highest BCUT2D eigenvalue weighted by atomic mass is 32.2. The zero-order valence-electron chi connectivity index (χ0n) is 9.91. The molecule has 0 radical (unpaired) electrons. The Hall–Kier alpha value is 0.230. The molecule has 2 aliphatic heterocycles. The maximum absolute atomic E-state index is 6.03. The van der Waals surface area contributed by atoms with Crippen LogP contribution in [0.1, 0.15) is 13.3 Å². The molecular formula is C11H23N3S. The predicted molar refractivity (Wildman–Crippen MR) is 67.4 cm³/mol. The maximum Gasteiger partial charge on any atom is 0.0433 e. The quantitative estimate of drug-likeness (QED) is 0.745. The van der Waals surface area contributed by atoms with Crippen LogP contribution in [0, 0.1) is 0 Å². The zero-order chi connectivity index (χ0) is 10.9. The van der Waals surface area contributed by atoms with Crippen LogP contribution in [-0.2, 0) is 0 Å². The number of hydrogen-bond donors (Lipinski definition) is 1. The van der Waals surface area contributed by atoms with Crippen molar-refractivity contribution in [1.29, 1.82) is 0 Å². The molecule has 2 fully saturated rings. The SMILES string of the molecule is CC1CC(CN)(N2CCN(C)CC2)CS1. The predicted octanol–water partition coefficient (Wildman–Crippen LogP) is 0.457. The van der Waals surface area contributed by atoms with Crippen LogP contribution in [0.15, 0.2) is 0 Å². The fraction of sp³-hybridized carbons (Fsp3) is 1.00. The fourth-order valence-electron chi connectivity index (χ4n) is 2.72. The van der Waals surface area contributed by atoms with Crippen LogP contribution in [-0.4, -0.2) is 66.1 Å². The van der Waals surface area contributed by atoms with Gasteiger partial charge in [-0.05, 0) is 13.5 Å². The zero-order valence-corrected chi connectivity index (χ0v) is 10.7. The molecule has 88 valence electrons. The summed E-state index contributed by atoms with van der Waals surface area (Å²) in [4.78, 5) is 5.05. The first-order valence-electron chi connectivity index (χ1n) is 5.91. The normalized spacial score (nSPS) is 39.8. The van der Waals surface area contributed by atoms with Crippen LogP contribution in [0.5, 0.6) is 0 Å². The molecule has 0 aliphatic carbocycles. The van der Waals surface area contributed by atoms with Crippen LogP contribution in [0.2, 0.25) is 0 Å². The van der Waals surface area contributed by atoms with Gasteiger partial charge >= 0.3 is 0 Å². The maximum atomic E-state index is 6.03. The van der Waals surface area contributed by atoms with Crippen LogP contribution >= 0.6 is 11.8 Å². The molecular weight excluding hydrogens is 206 g/mol. The summed E-state index contributed by atoms with van der Waals surface area (Å²) in [5, 5.41) is 0.785. The van der Waals surface area contributed by atoms with Crippen LogP contribution < -0.4 is 5.73 Å². The Balaban J connectivity index is 2.00. The second-order valence-electron chi connectivity index (χ2n) is 5.04. The summed E-state index contributed by atoms with van der Waals surface area (Å²) in [7, 11) is 2.21. The van der Waals surface area contributed by atoms with Gasteiger partial charge in [0.15, 0.2) is 0 Å². The molecule has 2 atom stereocenters. The van der Waals surface area contributed by atoms with Gasteiger partial charge in [-0.2, -0.15) is 11.8 Å². The summed E-state index contributed by atoms with van der Waals surface area (Å²) in [6, 6.07) is 0. The summed E-state index contributed by atoms with van der Waals surface area (Å²) in [5.41, 5.74) is 6.34. The largest absolute Gasteiger partial charge is 0.329 e. The Morgan fingerprint density at radius 1 is 1.33 bits per heavy atom. The summed E-state index contributed by atoms with van der Waals surface area (Å²) in [6.45, 7) is 7.94. The molecule has 2 aliphatic rings. The van der Waals surface area contributed by atoms with Crippen LogP contribution in [0.25, 0.3) is 0 Å². The van der Waals surface area contributed by atoms with Gasteiger partial charge in [-0.1, -0.05) is 6.92 Å². The first-order chi connectivity index (χ1) is 7.16. The van der Waals surface area contributed by atoms with E-state index in [-0.39, 0.29) is 0 Å². The van der Waals surface area contributed by atoms with Crippen molar-refractivity contribution in [2.45, 2.75) is 24.1 Å². The Labute approximate surface area is 97.4 Å². The van der Waals surface area contributed by atoms with Crippen molar-refractivity contribution in [3.8, 4) is 0 Å². The second kappa shape index (κ2) is 4.62. The molecule has 0 saturated carbocycles. The Morgan fingerprint density at radius 2 is 2.00 bits per heavy atom. The number of hydrogen-bond acceptors (Lipinski definition) is 4. The van der Waals surface area contributed by atoms with Crippen molar-refractivity contribution in [1.82, 2.24) is 9.80 Å². The minimum Gasteiger partial charge on any atom is -0.329 e. The molecule has 4 heteroatoms. The minimum atomic E-state index is 0.311. The molecule has 15 heavy (non-hydrogen) atoms. The van der Waals surface area contributed by atoms with E-state index >= 15 is 0 Å². The number of nitrogens with two attached hydrogens (primary N) is 1. The molecule has 0 aromatic heterocycles. The minimum absolute atomic E-state index is 0.311. The van der Waals surface area contributed by atoms with Gasteiger partial charge in [0.05, 0.1) is 0 Å². The lowest BCUT2D eigenvalue weighted by Crippen LogP contribution is -2.60. The summed E-state index contributed by atoms with van der Waals surface area (Å²) in [5.74, 6) is 1.23. The Morgan fingerprint density at radius 3 is 2.47 bits per heavy atom. The Kier molecular flexibility index (Phi) is 3.60. The fourth-order valence-corrected chi connectivity index (χ4v) is 4.16. The number of rotatable bonds is 2. The van der Waals surface area contributed by atoms with E-state index in [1.165, 1.54) is 38.4 Å². The molecule has 0 aromatic carbocycles. The third kappa shape index (κ3) is 2.33. The first-order valence-corrected chi connectivity index (χ1v) is 6.96. The van der Waals surface area contributed by atoms with Crippen molar-refractivity contribution in [3.63, 3.8) is 0 Å². The molecule has 2 heterocycles. The number of thioether (sulfide) groups is 1. The molecule has 2 N–H and O–H groups in total. The van der Waals surface area contributed by atoms with Crippen molar-refractivity contribution >= 4 is 11.8 Å². The van der Waals surface area contributed by atoms with Gasteiger partial charge in [0, 0.05) is 49.3 Å². The topological polar surface area (TPSA) is 32.5 Å². The smallest absolute Gasteiger partial charge is 0.0433 e. The van der Waals surface area contributed by atoms with E-state index in [0.717, 1.165) is 11.8 Å². The van der Waals surface area contributed by atoms with Gasteiger partial charge in [-0.25, -0.2) is 0 Å². The van der Waals surface area contributed by atoms with E-state index in [4.69, 9.17) is 5.73 Å². The van der Waals surface area contributed by atoms with Crippen molar-refractivity contribution in [2.75, 3.05) is 45.5 Å². The number of nitrogens with zero attached hydrogens (tertiary/aromatic N) is 2. The van der Waals surface area contributed by atoms with Crippen molar-refractivity contribution in [2.24, 2.45) is 5.73 Å². The number of likely N-dealkylation sites (N-methyl/N-ethyl adjacent to an activating group) is 1. The molecule has 0 amide bonds. The molecule has 2 rings (SSSR count). The van der Waals surface area contributed by atoms with E-state index in [1.807, 2.05) is 0 Å². The second-order valence-corrected chi connectivity index (χ2v) is 6.47. The lowest BCUT2D eigenvalue weighted by Gasteiger charge is -2.44. The third-order valence-electron chi connectivity index (χ3n) is 3.86. The first kappa shape index (κ1) is 11.7. The van der Waals surface area contributed by atoms with Gasteiger partial charge in [0.1, 0.15) is 0 Å². The molecule has 0 bridgehead atoms. The summed E-state index contributed by atoms with van der Waals surface area (Å²) in [6.07, 6.45) is 1.28. The van der Waals surface area contributed by atoms with E-state index in [1.54, 1.807) is 0 Å². The highest BCUT2D eigenvalue weighted by molar-refractivity contribution is 8.00. The van der Waals surface area contributed by atoms with Gasteiger partial charge in [0.2, 0.25) is 0 Å². The molecule has 2 unspecified atom stereocenters. The van der Waals surface area contributed by atoms with Gasteiger partial charge < -0.3 is 10.6 Å². The van der Waals surface area contributed by atoms with Gasteiger partial charge in [-0.3, -0.25) is 4.90 Å². The lowest BCUT2D eigenvalue weighted by atomic mass is 9.93. The number of piperazine rings is 1. The van der Waals surface area contributed by atoms with E-state index < -0.39 is 0 Å². The molecule has 2 saturated heterocycles. The molecule has 3 nitrogen and oxygen atoms in total. The van der Waals surface area contributed by atoms with Crippen molar-refractivity contribution < 1.29 is 0 Å². The van der Waals surface area contributed by atoms with Crippen molar-refractivity contribution in [3.05, 3.63) is 0 Å². The molecule has 0 spiro atoms. The third-order valence-corrected chi connectivity index (χ3v) is 5.30. The van der Waals surface area contributed by atoms with Gasteiger partial charge in [-0.15, -0.1) is 0 Å². The monoisotopic (exact) mass is 229 g/mol. The average molecular weight is 229 g/mol. The van der Waals surface area contributed by atoms with Gasteiger partial charge in [0.25, 0.3) is 0 Å². The average Bonchev–Trinajstić information content (AvgIpc) is 2.62. The highest BCUT2D eigenvalue weighted by Gasteiger charge is 2.42.